The highest BCUT2D eigenvalue weighted by Crippen LogP contribution is 2.24. The van der Waals surface area contributed by atoms with Crippen molar-refractivity contribution in [1.82, 2.24) is 15.3 Å². The van der Waals surface area contributed by atoms with Crippen molar-refractivity contribution < 1.29 is 0 Å². The molecule has 0 radical (unpaired) electrons. The summed E-state index contributed by atoms with van der Waals surface area (Å²) in [6, 6.07) is 0.910. The molecule has 1 saturated heterocycles. The van der Waals surface area contributed by atoms with Gasteiger partial charge in [-0.05, 0) is 33.2 Å². The Morgan fingerprint density at radius 3 is 2.94 bits per heavy atom. The Labute approximate surface area is 114 Å². The molecule has 2 heterocycles. The van der Waals surface area contributed by atoms with E-state index in [2.05, 4.69) is 34.0 Å². The average molecular weight is 269 g/mol. The summed E-state index contributed by atoms with van der Waals surface area (Å²) in [4.78, 5) is 10.5. The van der Waals surface area contributed by atoms with Gasteiger partial charge in [0.1, 0.15) is 11.3 Å². The molecule has 0 bridgehead atoms. The van der Waals surface area contributed by atoms with Crippen molar-refractivity contribution in [3.63, 3.8) is 0 Å². The number of piperidine rings is 1. The maximum absolute atomic E-state index is 6.19. The summed E-state index contributed by atoms with van der Waals surface area (Å²) in [5, 5.41) is 4.19. The second-order valence-corrected chi connectivity index (χ2v) is 5.49. The van der Waals surface area contributed by atoms with Gasteiger partial charge in [-0.1, -0.05) is 18.0 Å². The van der Waals surface area contributed by atoms with Gasteiger partial charge in [-0.25, -0.2) is 9.97 Å². The smallest absolute Gasteiger partial charge is 0.151 e. The van der Waals surface area contributed by atoms with Gasteiger partial charge in [-0.2, -0.15) is 0 Å². The second-order valence-electron chi connectivity index (χ2n) is 5.09. The fraction of sp³-hybridized carbons (Fsp3) is 0.692. The molecule has 1 aromatic heterocycles. The van der Waals surface area contributed by atoms with E-state index < -0.39 is 0 Å². The summed E-state index contributed by atoms with van der Waals surface area (Å²) in [6.07, 6.45) is 7.04. The van der Waals surface area contributed by atoms with Crippen LogP contribution < -0.4 is 10.2 Å². The van der Waals surface area contributed by atoms with E-state index in [1.54, 1.807) is 12.5 Å². The lowest BCUT2D eigenvalue weighted by Crippen LogP contribution is -2.46. The molecule has 0 saturated carbocycles. The van der Waals surface area contributed by atoms with Crippen LogP contribution in [0.25, 0.3) is 0 Å². The lowest BCUT2D eigenvalue weighted by atomic mass is 10.0. The first kappa shape index (κ1) is 13.6. The Kier molecular flexibility index (Phi) is 4.78. The zero-order valence-electron chi connectivity index (χ0n) is 11.1. The second kappa shape index (κ2) is 6.34. The number of aromatic nitrogens is 2. The van der Waals surface area contributed by atoms with Crippen LogP contribution in [0.3, 0.4) is 0 Å². The van der Waals surface area contributed by atoms with Gasteiger partial charge in [0.2, 0.25) is 0 Å². The third-order valence-electron chi connectivity index (χ3n) is 3.37. The molecule has 0 aromatic carbocycles. The summed E-state index contributed by atoms with van der Waals surface area (Å²) < 4.78 is 0. The monoisotopic (exact) mass is 268 g/mol. The molecule has 1 fully saturated rings. The third kappa shape index (κ3) is 3.33. The number of nitrogens with one attached hydrogen (secondary N) is 1. The molecule has 0 amide bonds. The van der Waals surface area contributed by atoms with Gasteiger partial charge in [0, 0.05) is 18.6 Å². The van der Waals surface area contributed by atoms with Crippen LogP contribution in [-0.2, 0) is 0 Å². The van der Waals surface area contributed by atoms with Gasteiger partial charge >= 0.3 is 0 Å². The molecule has 4 nitrogen and oxygen atoms in total. The molecule has 1 aliphatic rings. The van der Waals surface area contributed by atoms with Crippen LogP contribution in [0, 0.1) is 0 Å². The number of rotatable bonds is 4. The number of hydrogen-bond donors (Lipinski definition) is 1. The SMILES string of the molecule is CC(C)N(CC1CCCCN1)c1ncncc1Cl. The van der Waals surface area contributed by atoms with Gasteiger partial charge in [0.25, 0.3) is 0 Å². The van der Waals surface area contributed by atoms with E-state index in [1.165, 1.54) is 19.3 Å². The van der Waals surface area contributed by atoms with Gasteiger partial charge in [0.05, 0.1) is 6.20 Å². The Hall–Kier alpha value is -0.870. The fourth-order valence-electron chi connectivity index (χ4n) is 2.38. The standard InChI is InChI=1S/C13H21ClN4/c1-10(2)18(8-11-5-3-4-6-16-11)13-12(14)7-15-9-17-13/h7,9-11,16H,3-6,8H2,1-2H3. The molecule has 0 spiro atoms. The highest BCUT2D eigenvalue weighted by Gasteiger charge is 2.21. The lowest BCUT2D eigenvalue weighted by molar-refractivity contribution is 0.392. The topological polar surface area (TPSA) is 41.0 Å². The first-order valence-electron chi connectivity index (χ1n) is 6.64. The molecule has 1 aromatic rings. The lowest BCUT2D eigenvalue weighted by Gasteiger charge is -2.34. The molecule has 1 atom stereocenters. The van der Waals surface area contributed by atoms with Crippen LogP contribution in [0.1, 0.15) is 33.1 Å². The van der Waals surface area contributed by atoms with Crippen molar-refractivity contribution in [3.8, 4) is 0 Å². The first-order valence-corrected chi connectivity index (χ1v) is 7.02. The average Bonchev–Trinajstić information content (AvgIpc) is 2.38. The summed E-state index contributed by atoms with van der Waals surface area (Å²) in [7, 11) is 0. The van der Waals surface area contributed by atoms with Crippen molar-refractivity contribution in [2.45, 2.75) is 45.2 Å². The summed E-state index contributed by atoms with van der Waals surface area (Å²) in [5.41, 5.74) is 0. The minimum Gasteiger partial charge on any atom is -0.351 e. The molecule has 1 aliphatic heterocycles. The molecule has 1 unspecified atom stereocenters. The molecule has 0 aliphatic carbocycles. The Balaban J connectivity index is 2.10. The zero-order valence-corrected chi connectivity index (χ0v) is 11.8. The van der Waals surface area contributed by atoms with Crippen LogP contribution in [0.4, 0.5) is 5.82 Å². The molecular weight excluding hydrogens is 248 g/mol. The molecule has 1 N–H and O–H groups in total. The number of anilines is 1. The van der Waals surface area contributed by atoms with Gasteiger partial charge < -0.3 is 10.2 Å². The van der Waals surface area contributed by atoms with Crippen LogP contribution >= 0.6 is 11.6 Å². The minimum atomic E-state index is 0.376. The van der Waals surface area contributed by atoms with E-state index in [0.29, 0.717) is 17.1 Å². The van der Waals surface area contributed by atoms with Crippen molar-refractivity contribution in [1.29, 1.82) is 0 Å². The number of nitrogens with zero attached hydrogens (tertiary/aromatic N) is 3. The quantitative estimate of drug-likeness (QED) is 0.911. The van der Waals surface area contributed by atoms with Crippen LogP contribution in [0.2, 0.25) is 5.02 Å². The zero-order chi connectivity index (χ0) is 13.0. The molecule has 100 valence electrons. The van der Waals surface area contributed by atoms with E-state index in [4.69, 9.17) is 11.6 Å². The van der Waals surface area contributed by atoms with Crippen molar-refractivity contribution in [2.75, 3.05) is 18.0 Å². The summed E-state index contributed by atoms with van der Waals surface area (Å²) in [5.74, 6) is 0.842. The van der Waals surface area contributed by atoms with Crippen molar-refractivity contribution >= 4 is 17.4 Å². The normalized spacial score (nSPS) is 20.1. The highest BCUT2D eigenvalue weighted by molar-refractivity contribution is 6.32. The largest absolute Gasteiger partial charge is 0.351 e. The van der Waals surface area contributed by atoms with E-state index in [0.717, 1.165) is 18.9 Å². The maximum atomic E-state index is 6.19. The van der Waals surface area contributed by atoms with Gasteiger partial charge in [0.15, 0.2) is 5.82 Å². The summed E-state index contributed by atoms with van der Waals surface area (Å²) in [6.45, 7) is 6.41. The summed E-state index contributed by atoms with van der Waals surface area (Å²) >= 11 is 6.19. The van der Waals surface area contributed by atoms with Crippen molar-refractivity contribution in [2.24, 2.45) is 0 Å². The van der Waals surface area contributed by atoms with E-state index in [-0.39, 0.29) is 0 Å². The third-order valence-corrected chi connectivity index (χ3v) is 3.64. The number of halogens is 1. The first-order chi connectivity index (χ1) is 8.68. The minimum absolute atomic E-state index is 0.376. The maximum Gasteiger partial charge on any atom is 0.151 e. The van der Waals surface area contributed by atoms with Gasteiger partial charge in [-0.15, -0.1) is 0 Å². The molecule has 5 heteroatoms. The predicted molar refractivity (Wildman–Crippen MR) is 75.2 cm³/mol. The van der Waals surface area contributed by atoms with Crippen molar-refractivity contribution in [3.05, 3.63) is 17.5 Å². The van der Waals surface area contributed by atoms with E-state index >= 15 is 0 Å². The highest BCUT2D eigenvalue weighted by atomic mass is 35.5. The Morgan fingerprint density at radius 2 is 2.33 bits per heavy atom. The van der Waals surface area contributed by atoms with Crippen LogP contribution in [0.5, 0.6) is 0 Å². The number of hydrogen-bond acceptors (Lipinski definition) is 4. The van der Waals surface area contributed by atoms with Crippen LogP contribution in [-0.4, -0.2) is 35.1 Å². The van der Waals surface area contributed by atoms with Crippen LogP contribution in [0.15, 0.2) is 12.5 Å². The molecule has 2 rings (SSSR count). The van der Waals surface area contributed by atoms with E-state index in [9.17, 15) is 0 Å². The predicted octanol–water partition coefficient (Wildman–Crippen LogP) is 2.49. The Bertz CT molecular complexity index is 377. The molecule has 18 heavy (non-hydrogen) atoms. The fourth-order valence-corrected chi connectivity index (χ4v) is 2.59. The Morgan fingerprint density at radius 1 is 1.50 bits per heavy atom. The molecular formula is C13H21ClN4. The van der Waals surface area contributed by atoms with E-state index in [1.807, 2.05) is 0 Å². The van der Waals surface area contributed by atoms with Gasteiger partial charge in [-0.3, -0.25) is 0 Å².